The van der Waals surface area contributed by atoms with Crippen LogP contribution in [0.4, 0.5) is 5.00 Å². The van der Waals surface area contributed by atoms with Crippen molar-refractivity contribution in [1.82, 2.24) is 0 Å². The van der Waals surface area contributed by atoms with Crippen LogP contribution in [0.25, 0.3) is 0 Å². The molecule has 1 aromatic heterocycles. The predicted octanol–water partition coefficient (Wildman–Crippen LogP) is 2.36. The fourth-order valence-corrected chi connectivity index (χ4v) is 1.82. The van der Waals surface area contributed by atoms with Gasteiger partial charge in [-0.2, -0.15) is 5.26 Å². The Bertz CT molecular complexity index is 283. The first-order valence-corrected chi connectivity index (χ1v) is 4.34. The number of nitriles is 1. The van der Waals surface area contributed by atoms with Crippen molar-refractivity contribution in [2.45, 2.75) is 13.8 Å². The average Bonchev–Trinajstić information content (AvgIpc) is 2.32. The van der Waals surface area contributed by atoms with Crippen LogP contribution in [0.3, 0.4) is 0 Å². The molecule has 0 saturated carbocycles. The molecule has 1 heterocycles. The first-order valence-electron chi connectivity index (χ1n) is 3.52. The molecule has 0 fully saturated rings. The van der Waals surface area contributed by atoms with Gasteiger partial charge in [-0.15, -0.1) is 11.3 Å². The van der Waals surface area contributed by atoms with Crippen molar-refractivity contribution in [2.75, 3.05) is 11.9 Å². The van der Waals surface area contributed by atoms with Crippen LogP contribution < -0.4 is 5.32 Å². The van der Waals surface area contributed by atoms with E-state index in [1.54, 1.807) is 11.3 Å². The molecule has 0 aliphatic rings. The summed E-state index contributed by atoms with van der Waals surface area (Å²) in [7, 11) is 0. The molecule has 0 bridgehead atoms. The highest BCUT2D eigenvalue weighted by molar-refractivity contribution is 7.16. The van der Waals surface area contributed by atoms with Crippen LogP contribution in [-0.4, -0.2) is 6.54 Å². The van der Waals surface area contributed by atoms with Gasteiger partial charge in [0.15, 0.2) is 0 Å². The Hall–Kier alpha value is -1.01. The highest BCUT2D eigenvalue weighted by Gasteiger charge is 2.03. The first kappa shape index (κ1) is 8.09. The number of aryl methyl sites for hydroxylation is 1. The van der Waals surface area contributed by atoms with Gasteiger partial charge in [0.2, 0.25) is 0 Å². The van der Waals surface area contributed by atoms with Crippen LogP contribution in [0.1, 0.15) is 17.4 Å². The molecule has 0 saturated heterocycles. The number of nitrogens with one attached hydrogen (secondary N) is 1. The molecule has 0 unspecified atom stereocenters. The van der Waals surface area contributed by atoms with Crippen LogP contribution in [-0.2, 0) is 0 Å². The molecule has 2 nitrogen and oxygen atoms in total. The molecule has 1 N–H and O–H groups in total. The predicted molar refractivity (Wildman–Crippen MR) is 47.9 cm³/mol. The Morgan fingerprint density at radius 2 is 2.45 bits per heavy atom. The van der Waals surface area contributed by atoms with Crippen molar-refractivity contribution in [2.24, 2.45) is 0 Å². The highest BCUT2D eigenvalue weighted by atomic mass is 32.1. The van der Waals surface area contributed by atoms with Gasteiger partial charge in [-0.1, -0.05) is 0 Å². The van der Waals surface area contributed by atoms with Crippen molar-refractivity contribution >= 4 is 16.3 Å². The molecule has 58 valence electrons. The fourth-order valence-electron chi connectivity index (χ4n) is 0.889. The van der Waals surface area contributed by atoms with Gasteiger partial charge in [0, 0.05) is 11.4 Å². The summed E-state index contributed by atoms with van der Waals surface area (Å²) in [5.74, 6) is 0. The minimum Gasteiger partial charge on any atom is -0.376 e. The summed E-state index contributed by atoms with van der Waals surface area (Å²) >= 11 is 1.63. The lowest BCUT2D eigenvalue weighted by Gasteiger charge is -1.96. The van der Waals surface area contributed by atoms with E-state index >= 15 is 0 Å². The second-order valence-corrected chi connectivity index (χ2v) is 3.50. The maximum Gasteiger partial charge on any atom is 0.107 e. The van der Waals surface area contributed by atoms with Gasteiger partial charge in [-0.25, -0.2) is 0 Å². The maximum absolute atomic E-state index is 8.68. The Balaban J connectivity index is 2.95. The summed E-state index contributed by atoms with van der Waals surface area (Å²) < 4.78 is 0. The second-order valence-electron chi connectivity index (χ2n) is 2.24. The Kier molecular flexibility index (Phi) is 2.50. The topological polar surface area (TPSA) is 35.8 Å². The summed E-state index contributed by atoms with van der Waals surface area (Å²) in [5.41, 5.74) is 0.759. The van der Waals surface area contributed by atoms with E-state index in [9.17, 15) is 0 Å². The van der Waals surface area contributed by atoms with Gasteiger partial charge in [0.25, 0.3) is 0 Å². The van der Waals surface area contributed by atoms with E-state index in [2.05, 4.69) is 11.4 Å². The van der Waals surface area contributed by atoms with Crippen LogP contribution in [0.2, 0.25) is 0 Å². The van der Waals surface area contributed by atoms with Crippen molar-refractivity contribution < 1.29 is 0 Å². The highest BCUT2D eigenvalue weighted by Crippen LogP contribution is 2.26. The van der Waals surface area contributed by atoms with E-state index in [1.165, 1.54) is 4.88 Å². The number of anilines is 1. The van der Waals surface area contributed by atoms with Crippen molar-refractivity contribution in [3.63, 3.8) is 0 Å². The zero-order chi connectivity index (χ0) is 8.27. The Morgan fingerprint density at radius 3 is 3.00 bits per heavy atom. The van der Waals surface area contributed by atoms with Crippen LogP contribution in [0.5, 0.6) is 0 Å². The van der Waals surface area contributed by atoms with Gasteiger partial charge in [-0.3, -0.25) is 0 Å². The summed E-state index contributed by atoms with van der Waals surface area (Å²) in [6, 6.07) is 4.05. The summed E-state index contributed by atoms with van der Waals surface area (Å²) in [4.78, 5) is 1.18. The molecule has 0 aliphatic carbocycles. The third-order valence-electron chi connectivity index (χ3n) is 1.31. The number of rotatable bonds is 2. The van der Waals surface area contributed by atoms with E-state index in [-0.39, 0.29) is 0 Å². The van der Waals surface area contributed by atoms with Gasteiger partial charge < -0.3 is 5.32 Å². The summed E-state index contributed by atoms with van der Waals surface area (Å²) in [6.07, 6.45) is 0. The van der Waals surface area contributed by atoms with Crippen molar-refractivity contribution in [3.8, 4) is 6.07 Å². The molecule has 0 atom stereocenters. The van der Waals surface area contributed by atoms with Crippen molar-refractivity contribution in [3.05, 3.63) is 16.5 Å². The normalized spacial score (nSPS) is 9.18. The number of hydrogen-bond donors (Lipinski definition) is 1. The third-order valence-corrected chi connectivity index (χ3v) is 2.32. The molecular weight excluding hydrogens is 156 g/mol. The lowest BCUT2D eigenvalue weighted by molar-refractivity contribution is 1.22. The Labute approximate surface area is 70.5 Å². The van der Waals surface area contributed by atoms with E-state index in [0.29, 0.717) is 0 Å². The van der Waals surface area contributed by atoms with Gasteiger partial charge in [0.05, 0.1) is 5.56 Å². The fraction of sp³-hybridized carbons (Fsp3) is 0.375. The monoisotopic (exact) mass is 166 g/mol. The molecule has 1 rings (SSSR count). The van der Waals surface area contributed by atoms with E-state index in [1.807, 2.05) is 19.9 Å². The average molecular weight is 166 g/mol. The van der Waals surface area contributed by atoms with Crippen LogP contribution >= 0.6 is 11.3 Å². The molecule has 0 aliphatic heterocycles. The summed E-state index contributed by atoms with van der Waals surface area (Å²) in [6.45, 7) is 4.90. The summed E-state index contributed by atoms with van der Waals surface area (Å²) in [5, 5.41) is 12.8. The second kappa shape index (κ2) is 3.40. The smallest absolute Gasteiger partial charge is 0.107 e. The molecular formula is C8H10N2S. The Morgan fingerprint density at radius 1 is 1.73 bits per heavy atom. The molecule has 3 heteroatoms. The minimum atomic E-state index is 0.759. The van der Waals surface area contributed by atoms with Crippen LogP contribution in [0, 0.1) is 18.3 Å². The van der Waals surface area contributed by atoms with Crippen molar-refractivity contribution in [1.29, 1.82) is 5.26 Å². The SMILES string of the molecule is CCNc1sc(C)cc1C#N. The molecule has 0 radical (unpaired) electrons. The third kappa shape index (κ3) is 1.72. The molecule has 11 heavy (non-hydrogen) atoms. The molecule has 0 amide bonds. The lowest BCUT2D eigenvalue weighted by Crippen LogP contribution is -1.94. The van der Waals surface area contributed by atoms with Gasteiger partial charge in [0.1, 0.15) is 11.1 Å². The minimum absolute atomic E-state index is 0.759. The standard InChI is InChI=1S/C8H10N2S/c1-3-10-8-7(5-9)4-6(2)11-8/h4,10H,3H2,1-2H3. The molecule has 0 spiro atoms. The van der Waals surface area contributed by atoms with E-state index in [0.717, 1.165) is 17.1 Å². The number of hydrogen-bond acceptors (Lipinski definition) is 3. The largest absolute Gasteiger partial charge is 0.376 e. The molecule has 1 aromatic rings. The van der Waals surface area contributed by atoms with Crippen LogP contribution in [0.15, 0.2) is 6.07 Å². The molecule has 0 aromatic carbocycles. The van der Waals surface area contributed by atoms with Gasteiger partial charge in [-0.05, 0) is 19.9 Å². The van der Waals surface area contributed by atoms with E-state index < -0.39 is 0 Å². The number of thiophene rings is 1. The van der Waals surface area contributed by atoms with E-state index in [4.69, 9.17) is 5.26 Å². The first-order chi connectivity index (χ1) is 5.27. The zero-order valence-electron chi connectivity index (χ0n) is 6.64. The maximum atomic E-state index is 8.68. The van der Waals surface area contributed by atoms with Gasteiger partial charge >= 0.3 is 0 Å². The lowest BCUT2D eigenvalue weighted by atomic mass is 10.3. The number of nitrogens with zero attached hydrogens (tertiary/aromatic N) is 1. The quantitative estimate of drug-likeness (QED) is 0.732. The zero-order valence-corrected chi connectivity index (χ0v) is 7.46.